The Kier molecular flexibility index (Phi) is 6.98. The van der Waals surface area contributed by atoms with Crippen LogP contribution in [0.25, 0.3) is 0 Å². The van der Waals surface area contributed by atoms with Crippen molar-refractivity contribution in [2.75, 3.05) is 7.11 Å². The van der Waals surface area contributed by atoms with E-state index in [1.807, 2.05) is 25.1 Å². The summed E-state index contributed by atoms with van der Waals surface area (Å²) < 4.78 is 11.5. The standard InChI is InChI=1S/C23H19BrN2O4/c1-15-5-3-6-17(11-15)22(27)26-25-14-16-9-10-20(21(12-16)29-2)30-23(28)18-7-4-8-19(24)13-18/h3-14H,1-2H3,(H,26,27). The van der Waals surface area contributed by atoms with Crippen LogP contribution in [0, 0.1) is 6.92 Å². The maximum absolute atomic E-state index is 12.4. The number of nitrogens with zero attached hydrogens (tertiary/aromatic N) is 1. The normalized spacial score (nSPS) is 10.6. The van der Waals surface area contributed by atoms with E-state index in [4.69, 9.17) is 9.47 Å². The van der Waals surface area contributed by atoms with Gasteiger partial charge in [-0.3, -0.25) is 4.79 Å². The molecule has 152 valence electrons. The predicted octanol–water partition coefficient (Wildman–Crippen LogP) is 4.75. The van der Waals surface area contributed by atoms with Gasteiger partial charge < -0.3 is 9.47 Å². The van der Waals surface area contributed by atoms with E-state index in [1.54, 1.807) is 48.5 Å². The number of ether oxygens (including phenoxy) is 2. The lowest BCUT2D eigenvalue weighted by molar-refractivity contribution is 0.0729. The fourth-order valence-corrected chi connectivity index (χ4v) is 3.04. The highest BCUT2D eigenvalue weighted by atomic mass is 79.9. The molecular weight excluding hydrogens is 448 g/mol. The van der Waals surface area contributed by atoms with Gasteiger partial charge in [0.1, 0.15) is 0 Å². The topological polar surface area (TPSA) is 77.0 Å². The maximum atomic E-state index is 12.4. The number of carbonyl (C=O) groups is 2. The monoisotopic (exact) mass is 466 g/mol. The Bertz CT molecular complexity index is 1110. The van der Waals surface area contributed by atoms with Crippen molar-refractivity contribution in [3.63, 3.8) is 0 Å². The Hall–Kier alpha value is -3.45. The molecule has 0 aromatic heterocycles. The molecule has 0 unspecified atom stereocenters. The first-order valence-electron chi connectivity index (χ1n) is 9.02. The molecule has 6 nitrogen and oxygen atoms in total. The number of amides is 1. The summed E-state index contributed by atoms with van der Waals surface area (Å²) in [4.78, 5) is 24.5. The Morgan fingerprint density at radius 2 is 1.73 bits per heavy atom. The molecule has 3 aromatic carbocycles. The van der Waals surface area contributed by atoms with E-state index < -0.39 is 5.97 Å². The summed E-state index contributed by atoms with van der Waals surface area (Å²) in [6.45, 7) is 1.91. The summed E-state index contributed by atoms with van der Waals surface area (Å²) in [7, 11) is 1.48. The molecule has 0 aliphatic rings. The van der Waals surface area contributed by atoms with Crippen LogP contribution in [0.4, 0.5) is 0 Å². The number of methoxy groups -OCH3 is 1. The van der Waals surface area contributed by atoms with Crippen molar-refractivity contribution in [2.24, 2.45) is 5.10 Å². The van der Waals surface area contributed by atoms with Gasteiger partial charge in [-0.1, -0.05) is 39.7 Å². The van der Waals surface area contributed by atoms with E-state index in [1.165, 1.54) is 13.3 Å². The fraction of sp³-hybridized carbons (Fsp3) is 0.0870. The van der Waals surface area contributed by atoms with E-state index in [2.05, 4.69) is 26.5 Å². The van der Waals surface area contributed by atoms with Gasteiger partial charge in [0.05, 0.1) is 18.9 Å². The van der Waals surface area contributed by atoms with Crippen LogP contribution < -0.4 is 14.9 Å². The molecule has 0 bridgehead atoms. The van der Waals surface area contributed by atoms with Crippen molar-refractivity contribution in [2.45, 2.75) is 6.92 Å². The summed E-state index contributed by atoms with van der Waals surface area (Å²) >= 11 is 3.33. The third kappa shape index (κ3) is 5.55. The first kappa shape index (κ1) is 21.3. The average Bonchev–Trinajstić information content (AvgIpc) is 2.74. The van der Waals surface area contributed by atoms with Gasteiger partial charge in [0, 0.05) is 10.0 Å². The van der Waals surface area contributed by atoms with Crippen LogP contribution in [0.2, 0.25) is 0 Å². The molecule has 0 spiro atoms. The molecule has 30 heavy (non-hydrogen) atoms. The molecule has 7 heteroatoms. The molecule has 0 aliphatic heterocycles. The number of esters is 1. The van der Waals surface area contributed by atoms with Gasteiger partial charge >= 0.3 is 5.97 Å². The van der Waals surface area contributed by atoms with Gasteiger partial charge in [-0.15, -0.1) is 0 Å². The Morgan fingerprint density at radius 3 is 2.47 bits per heavy atom. The summed E-state index contributed by atoms with van der Waals surface area (Å²) in [5, 5.41) is 3.98. The van der Waals surface area contributed by atoms with Crippen LogP contribution in [0.3, 0.4) is 0 Å². The van der Waals surface area contributed by atoms with Gasteiger partial charge in [0.2, 0.25) is 0 Å². The van der Waals surface area contributed by atoms with Crippen LogP contribution in [-0.2, 0) is 0 Å². The molecule has 1 N–H and O–H groups in total. The van der Waals surface area contributed by atoms with Crippen molar-refractivity contribution in [1.29, 1.82) is 0 Å². The van der Waals surface area contributed by atoms with Crippen LogP contribution in [0.1, 0.15) is 31.8 Å². The zero-order valence-corrected chi connectivity index (χ0v) is 18.0. The van der Waals surface area contributed by atoms with Gasteiger partial charge in [0.15, 0.2) is 11.5 Å². The van der Waals surface area contributed by atoms with Gasteiger partial charge in [-0.05, 0) is 61.0 Å². The highest BCUT2D eigenvalue weighted by Crippen LogP contribution is 2.28. The first-order chi connectivity index (χ1) is 14.5. The minimum absolute atomic E-state index is 0.281. The van der Waals surface area contributed by atoms with E-state index in [0.717, 1.165) is 10.0 Å². The SMILES string of the molecule is COc1cc(C=NNC(=O)c2cccc(C)c2)ccc1OC(=O)c1cccc(Br)c1. The van der Waals surface area contributed by atoms with Gasteiger partial charge in [-0.2, -0.15) is 5.10 Å². The van der Waals surface area contributed by atoms with Crippen molar-refractivity contribution < 1.29 is 19.1 Å². The zero-order chi connectivity index (χ0) is 21.5. The largest absolute Gasteiger partial charge is 0.493 e. The highest BCUT2D eigenvalue weighted by Gasteiger charge is 2.13. The molecule has 0 saturated carbocycles. The number of aryl methyl sites for hydroxylation is 1. The number of carbonyl (C=O) groups excluding carboxylic acids is 2. The molecule has 0 atom stereocenters. The van der Waals surface area contributed by atoms with Crippen molar-refractivity contribution in [3.05, 3.63) is 93.5 Å². The van der Waals surface area contributed by atoms with E-state index in [0.29, 0.717) is 22.4 Å². The number of hydrogen-bond acceptors (Lipinski definition) is 5. The van der Waals surface area contributed by atoms with Crippen LogP contribution in [0.5, 0.6) is 11.5 Å². The Labute approximate surface area is 182 Å². The molecule has 1 amide bonds. The summed E-state index contributed by atoms with van der Waals surface area (Å²) in [5.41, 5.74) is 5.08. The third-order valence-electron chi connectivity index (χ3n) is 4.11. The lowest BCUT2D eigenvalue weighted by Crippen LogP contribution is -2.17. The van der Waals surface area contributed by atoms with Gasteiger partial charge in [0.25, 0.3) is 5.91 Å². The van der Waals surface area contributed by atoms with Gasteiger partial charge in [-0.25, -0.2) is 10.2 Å². The second kappa shape index (κ2) is 9.84. The molecule has 0 saturated heterocycles. The lowest BCUT2D eigenvalue weighted by Gasteiger charge is -2.10. The number of halogens is 1. The van der Waals surface area contributed by atoms with Crippen molar-refractivity contribution in [1.82, 2.24) is 5.43 Å². The number of hydrogen-bond donors (Lipinski definition) is 1. The molecule has 3 aromatic rings. The molecular formula is C23H19BrN2O4. The van der Waals surface area contributed by atoms with Crippen molar-refractivity contribution >= 4 is 34.0 Å². The predicted molar refractivity (Wildman–Crippen MR) is 118 cm³/mol. The summed E-state index contributed by atoms with van der Waals surface area (Å²) in [6, 6.07) is 19.1. The van der Waals surface area contributed by atoms with Crippen LogP contribution in [0.15, 0.2) is 76.3 Å². The fourth-order valence-electron chi connectivity index (χ4n) is 2.64. The number of rotatable bonds is 6. The second-order valence-corrected chi connectivity index (χ2v) is 7.29. The smallest absolute Gasteiger partial charge is 0.343 e. The van der Waals surface area contributed by atoms with E-state index in [9.17, 15) is 9.59 Å². The number of nitrogens with one attached hydrogen (secondary N) is 1. The molecule has 0 radical (unpaired) electrons. The highest BCUT2D eigenvalue weighted by molar-refractivity contribution is 9.10. The average molecular weight is 467 g/mol. The minimum Gasteiger partial charge on any atom is -0.493 e. The lowest BCUT2D eigenvalue weighted by atomic mass is 10.1. The third-order valence-corrected chi connectivity index (χ3v) is 4.60. The summed E-state index contributed by atoms with van der Waals surface area (Å²) in [6.07, 6.45) is 1.48. The van der Waals surface area contributed by atoms with Crippen LogP contribution in [-0.4, -0.2) is 25.2 Å². The van der Waals surface area contributed by atoms with Crippen LogP contribution >= 0.6 is 15.9 Å². The van der Waals surface area contributed by atoms with Crippen molar-refractivity contribution in [3.8, 4) is 11.5 Å². The summed E-state index contributed by atoms with van der Waals surface area (Å²) in [5.74, 6) is -0.154. The Balaban J connectivity index is 1.68. The molecule has 0 fully saturated rings. The maximum Gasteiger partial charge on any atom is 0.343 e. The second-order valence-electron chi connectivity index (χ2n) is 6.38. The quantitative estimate of drug-likeness (QED) is 0.246. The number of benzene rings is 3. The minimum atomic E-state index is -0.499. The zero-order valence-electron chi connectivity index (χ0n) is 16.4. The van der Waals surface area contributed by atoms with E-state index >= 15 is 0 Å². The molecule has 0 aliphatic carbocycles. The number of hydrazone groups is 1. The van der Waals surface area contributed by atoms with E-state index in [-0.39, 0.29) is 11.7 Å². The molecule has 0 heterocycles. The molecule has 3 rings (SSSR count). The first-order valence-corrected chi connectivity index (χ1v) is 9.81. The Morgan fingerprint density at radius 1 is 0.967 bits per heavy atom.